The molecule has 3 aliphatic rings. The van der Waals surface area contributed by atoms with Crippen LogP contribution in [0.1, 0.15) is 60.9 Å². The van der Waals surface area contributed by atoms with Gasteiger partial charge in [0, 0.05) is 36.9 Å². The standard InChI is InChI=1S/C34H46N8O6S/c35-18-29(43)39-25(17-23-10-6-14-49-23)31(45)41-19-22-9-2-1-7-20(22)15-28(41)32(46)42-26-12-4-3-8-21(26)16-27(42)30(44)40-24(33(47)48)11-5-13-38-34(36)37/h1-2,6-7,9-10,14,21,24-28H,3-5,8,11-13,15-19,35H2,(H,39,43)(H,40,44)(H,47,48)(H4,36,37,38)/t21?,24-,25-,26?,27-,28-/m0/s1. The molecule has 0 spiro atoms. The van der Waals surface area contributed by atoms with E-state index in [2.05, 4.69) is 15.6 Å². The van der Waals surface area contributed by atoms with Crippen molar-refractivity contribution in [3.63, 3.8) is 0 Å². The minimum absolute atomic E-state index is 0.0778. The molecule has 15 heteroatoms. The van der Waals surface area contributed by atoms with Crippen molar-refractivity contribution in [2.75, 3.05) is 13.1 Å². The molecule has 9 N–H and O–H groups in total. The quantitative estimate of drug-likeness (QED) is 0.0972. The highest BCUT2D eigenvalue weighted by Crippen LogP contribution is 2.41. The van der Waals surface area contributed by atoms with E-state index in [-0.39, 0.29) is 62.7 Å². The summed E-state index contributed by atoms with van der Waals surface area (Å²) in [4.78, 5) is 75.9. The molecule has 0 bridgehead atoms. The van der Waals surface area contributed by atoms with Gasteiger partial charge in [-0.05, 0) is 60.6 Å². The van der Waals surface area contributed by atoms with E-state index >= 15 is 0 Å². The van der Waals surface area contributed by atoms with Crippen LogP contribution >= 0.6 is 11.3 Å². The number of hydrogen-bond donors (Lipinski definition) is 6. The van der Waals surface area contributed by atoms with Crippen molar-refractivity contribution in [3.8, 4) is 0 Å². The number of amides is 4. The number of nitrogens with zero attached hydrogens (tertiary/aromatic N) is 3. The summed E-state index contributed by atoms with van der Waals surface area (Å²) in [6.45, 7) is 0.0750. The normalized spacial score (nSPS) is 22.6. The predicted molar refractivity (Wildman–Crippen MR) is 184 cm³/mol. The summed E-state index contributed by atoms with van der Waals surface area (Å²) in [5, 5.41) is 17.3. The van der Waals surface area contributed by atoms with E-state index in [1.54, 1.807) is 4.90 Å². The van der Waals surface area contributed by atoms with Gasteiger partial charge >= 0.3 is 5.97 Å². The van der Waals surface area contributed by atoms with E-state index in [1.165, 1.54) is 16.2 Å². The van der Waals surface area contributed by atoms with Gasteiger partial charge in [-0.3, -0.25) is 24.2 Å². The first-order valence-electron chi connectivity index (χ1n) is 16.9. The summed E-state index contributed by atoms with van der Waals surface area (Å²) in [6.07, 6.45) is 4.76. The number of aliphatic imine (C=N–C) groups is 1. The lowest BCUT2D eigenvalue weighted by atomic mass is 9.84. The molecule has 2 fully saturated rings. The fourth-order valence-electron chi connectivity index (χ4n) is 7.47. The zero-order chi connectivity index (χ0) is 35.1. The van der Waals surface area contributed by atoms with Crippen LogP contribution in [-0.2, 0) is 43.4 Å². The molecular weight excluding hydrogens is 648 g/mol. The molecule has 1 aromatic heterocycles. The molecule has 1 saturated carbocycles. The Morgan fingerprint density at radius 3 is 2.43 bits per heavy atom. The number of nitrogens with two attached hydrogens (primary N) is 3. The molecule has 1 aliphatic carbocycles. The Morgan fingerprint density at radius 2 is 1.73 bits per heavy atom. The van der Waals surface area contributed by atoms with E-state index in [4.69, 9.17) is 17.2 Å². The van der Waals surface area contributed by atoms with Crippen LogP contribution in [0.2, 0.25) is 0 Å². The summed E-state index contributed by atoms with van der Waals surface area (Å²) in [5.74, 6) is -2.99. The number of fused-ring (bicyclic) bond motifs is 2. The summed E-state index contributed by atoms with van der Waals surface area (Å²) in [7, 11) is 0. The third-order valence-corrected chi connectivity index (χ3v) is 10.7. The summed E-state index contributed by atoms with van der Waals surface area (Å²) in [6, 6.07) is 7.20. The van der Waals surface area contributed by atoms with Gasteiger partial charge in [0.25, 0.3) is 0 Å². The Balaban J connectivity index is 1.44. The van der Waals surface area contributed by atoms with Crippen molar-refractivity contribution in [2.45, 2.75) is 94.5 Å². The van der Waals surface area contributed by atoms with Gasteiger partial charge in [0.2, 0.25) is 23.6 Å². The third-order valence-electron chi connectivity index (χ3n) is 9.83. The molecule has 5 rings (SSSR count). The van der Waals surface area contributed by atoms with E-state index < -0.39 is 47.9 Å². The molecule has 2 unspecified atom stereocenters. The Morgan fingerprint density at radius 1 is 0.980 bits per heavy atom. The van der Waals surface area contributed by atoms with Crippen molar-refractivity contribution in [1.29, 1.82) is 0 Å². The fraction of sp³-hybridized carbons (Fsp3) is 0.529. The van der Waals surface area contributed by atoms with Crippen molar-refractivity contribution in [1.82, 2.24) is 20.4 Å². The Kier molecular flexibility index (Phi) is 11.9. The number of nitrogens with one attached hydrogen (secondary N) is 2. The fourth-order valence-corrected chi connectivity index (χ4v) is 8.22. The largest absolute Gasteiger partial charge is 0.480 e. The van der Waals surface area contributed by atoms with Crippen LogP contribution in [0.4, 0.5) is 0 Å². The molecule has 1 saturated heterocycles. The Hall–Kier alpha value is -4.50. The number of guanidine groups is 1. The first kappa shape index (κ1) is 35.8. The van der Waals surface area contributed by atoms with Crippen LogP contribution in [0.15, 0.2) is 46.8 Å². The number of benzene rings is 1. The predicted octanol–water partition coefficient (Wildman–Crippen LogP) is 0.470. The van der Waals surface area contributed by atoms with E-state index in [1.807, 2.05) is 41.8 Å². The molecule has 6 atom stereocenters. The average molecular weight is 695 g/mol. The van der Waals surface area contributed by atoms with E-state index in [0.29, 0.717) is 19.3 Å². The number of likely N-dealkylation sites (tertiary alicyclic amines) is 1. The SMILES string of the molecule is NCC(=O)N[C@@H](Cc1cccs1)C(=O)N1Cc2ccccc2C[C@H]1C(=O)N1C2CCCCC2C[C@H]1C(=O)N[C@@H](CCCN=C(N)N)C(=O)O. The third kappa shape index (κ3) is 8.57. The van der Waals surface area contributed by atoms with Gasteiger partial charge in [-0.15, -0.1) is 11.3 Å². The number of hydrogen-bond acceptors (Lipinski definition) is 8. The number of carbonyl (C=O) groups is 5. The van der Waals surface area contributed by atoms with Crippen LogP contribution in [0.3, 0.4) is 0 Å². The van der Waals surface area contributed by atoms with Gasteiger partial charge in [0.05, 0.1) is 6.54 Å². The molecule has 2 aliphatic heterocycles. The molecule has 4 amide bonds. The second-order valence-electron chi connectivity index (χ2n) is 13.0. The smallest absolute Gasteiger partial charge is 0.326 e. The molecule has 3 heterocycles. The number of thiophene rings is 1. The van der Waals surface area contributed by atoms with Crippen molar-refractivity contribution >= 4 is 46.9 Å². The molecule has 49 heavy (non-hydrogen) atoms. The monoisotopic (exact) mass is 694 g/mol. The molecular formula is C34H46N8O6S. The Labute approximate surface area is 289 Å². The molecule has 14 nitrogen and oxygen atoms in total. The second-order valence-corrected chi connectivity index (χ2v) is 14.1. The molecule has 264 valence electrons. The average Bonchev–Trinajstić information content (AvgIpc) is 3.76. The highest BCUT2D eigenvalue weighted by atomic mass is 32.1. The lowest BCUT2D eigenvalue weighted by molar-refractivity contribution is -0.153. The first-order chi connectivity index (χ1) is 23.6. The summed E-state index contributed by atoms with van der Waals surface area (Å²) >= 11 is 1.46. The van der Waals surface area contributed by atoms with Gasteiger partial charge in [-0.2, -0.15) is 0 Å². The van der Waals surface area contributed by atoms with E-state index in [9.17, 15) is 29.1 Å². The molecule has 1 aromatic carbocycles. The minimum atomic E-state index is -1.19. The molecule has 2 aromatic rings. The highest BCUT2D eigenvalue weighted by Gasteiger charge is 2.51. The number of carbonyl (C=O) groups excluding carboxylic acids is 4. The van der Waals surface area contributed by atoms with Crippen LogP contribution in [-0.4, -0.2) is 93.8 Å². The van der Waals surface area contributed by atoms with Gasteiger partial charge in [-0.1, -0.05) is 43.2 Å². The van der Waals surface area contributed by atoms with Crippen LogP contribution in [0.5, 0.6) is 0 Å². The number of carboxylic acid groups (broad SMARTS) is 1. The summed E-state index contributed by atoms with van der Waals surface area (Å²) < 4.78 is 0. The van der Waals surface area contributed by atoms with Crippen molar-refractivity contribution < 1.29 is 29.1 Å². The lowest BCUT2D eigenvalue weighted by Crippen LogP contribution is -2.62. The van der Waals surface area contributed by atoms with Gasteiger partial charge in [-0.25, -0.2) is 4.79 Å². The van der Waals surface area contributed by atoms with Crippen LogP contribution in [0.25, 0.3) is 0 Å². The van der Waals surface area contributed by atoms with Crippen molar-refractivity contribution in [3.05, 3.63) is 57.8 Å². The highest BCUT2D eigenvalue weighted by molar-refractivity contribution is 7.09. The van der Waals surface area contributed by atoms with E-state index in [0.717, 1.165) is 35.3 Å². The maximum absolute atomic E-state index is 14.9. The number of rotatable bonds is 13. The van der Waals surface area contributed by atoms with Crippen molar-refractivity contribution in [2.24, 2.45) is 28.1 Å². The topological polar surface area (TPSA) is 227 Å². The first-order valence-corrected chi connectivity index (χ1v) is 17.7. The van der Waals surface area contributed by atoms with Gasteiger partial charge in [0.15, 0.2) is 5.96 Å². The maximum Gasteiger partial charge on any atom is 0.326 e. The number of aliphatic carboxylic acids is 1. The zero-order valence-corrected chi connectivity index (χ0v) is 28.3. The van der Waals surface area contributed by atoms with Crippen LogP contribution < -0.4 is 27.8 Å². The number of carboxylic acids is 1. The van der Waals surface area contributed by atoms with Gasteiger partial charge < -0.3 is 42.7 Å². The zero-order valence-electron chi connectivity index (χ0n) is 27.5. The minimum Gasteiger partial charge on any atom is -0.480 e. The Bertz CT molecular complexity index is 1550. The van der Waals surface area contributed by atoms with Gasteiger partial charge in [0.1, 0.15) is 24.2 Å². The maximum atomic E-state index is 14.9. The van der Waals surface area contributed by atoms with Crippen LogP contribution in [0, 0.1) is 5.92 Å². The second kappa shape index (κ2) is 16.3. The summed E-state index contributed by atoms with van der Waals surface area (Å²) in [5.41, 5.74) is 18.2. The molecule has 0 radical (unpaired) electrons. The lowest BCUT2D eigenvalue weighted by Gasteiger charge is -2.42.